The Hall–Kier alpha value is -1.55. The molecule has 3 atom stereocenters. The van der Waals surface area contributed by atoms with Crippen LogP contribution in [0.15, 0.2) is 12.1 Å². The highest BCUT2D eigenvalue weighted by atomic mass is 16.5. The summed E-state index contributed by atoms with van der Waals surface area (Å²) < 4.78 is 5.61. The van der Waals surface area contributed by atoms with E-state index in [0.29, 0.717) is 30.6 Å². The Morgan fingerprint density at radius 1 is 1.41 bits per heavy atom. The van der Waals surface area contributed by atoms with E-state index in [1.54, 1.807) is 13.2 Å². The SMILES string of the molecule is COc1cc(O)cc2c1[C@]13CCN(C)[C@H](C2)[C@@H]1CCC(=O)C3. The predicted molar refractivity (Wildman–Crippen MR) is 83.4 cm³/mol. The summed E-state index contributed by atoms with van der Waals surface area (Å²) in [5.74, 6) is 1.92. The van der Waals surface area contributed by atoms with Crippen molar-refractivity contribution >= 4 is 5.78 Å². The number of nitrogens with zero attached hydrogens (tertiary/aromatic N) is 1. The first-order chi connectivity index (χ1) is 10.5. The maximum atomic E-state index is 12.3. The van der Waals surface area contributed by atoms with E-state index in [1.165, 1.54) is 11.1 Å². The molecule has 1 aromatic rings. The van der Waals surface area contributed by atoms with Crippen molar-refractivity contribution < 1.29 is 14.6 Å². The first kappa shape index (κ1) is 14.1. The van der Waals surface area contributed by atoms with E-state index in [-0.39, 0.29) is 11.2 Å². The van der Waals surface area contributed by atoms with E-state index in [9.17, 15) is 9.90 Å². The molecule has 0 aromatic heterocycles. The molecule has 0 radical (unpaired) electrons. The number of ether oxygens (including phenoxy) is 1. The number of likely N-dealkylation sites (N-methyl/N-ethyl adjacent to an activating group) is 1. The molecule has 2 bridgehead atoms. The van der Waals surface area contributed by atoms with E-state index in [0.717, 1.165) is 31.6 Å². The summed E-state index contributed by atoms with van der Waals surface area (Å²) in [6, 6.07) is 4.06. The van der Waals surface area contributed by atoms with Crippen LogP contribution in [0.5, 0.6) is 11.5 Å². The minimum atomic E-state index is -0.0842. The zero-order chi connectivity index (χ0) is 15.5. The summed E-state index contributed by atoms with van der Waals surface area (Å²) >= 11 is 0. The number of aromatic hydroxyl groups is 1. The van der Waals surface area contributed by atoms with Crippen molar-refractivity contribution in [3.8, 4) is 11.5 Å². The summed E-state index contributed by atoms with van der Waals surface area (Å²) in [5.41, 5.74) is 2.29. The van der Waals surface area contributed by atoms with E-state index in [4.69, 9.17) is 4.74 Å². The lowest BCUT2D eigenvalue weighted by atomic mass is 9.52. The van der Waals surface area contributed by atoms with Gasteiger partial charge in [0.15, 0.2) is 0 Å². The third-order valence-corrected chi connectivity index (χ3v) is 6.21. The summed E-state index contributed by atoms with van der Waals surface area (Å²) in [6.45, 7) is 1.03. The molecule has 0 unspecified atom stereocenters. The largest absolute Gasteiger partial charge is 0.508 e. The molecule has 22 heavy (non-hydrogen) atoms. The monoisotopic (exact) mass is 301 g/mol. The Bertz CT molecular complexity index is 641. The maximum Gasteiger partial charge on any atom is 0.133 e. The van der Waals surface area contributed by atoms with Crippen molar-refractivity contribution in [2.75, 3.05) is 20.7 Å². The van der Waals surface area contributed by atoms with Crippen molar-refractivity contribution in [3.63, 3.8) is 0 Å². The number of rotatable bonds is 1. The van der Waals surface area contributed by atoms with Crippen LogP contribution in [0.4, 0.5) is 0 Å². The van der Waals surface area contributed by atoms with Gasteiger partial charge in [-0.05, 0) is 50.4 Å². The van der Waals surface area contributed by atoms with Crippen LogP contribution < -0.4 is 4.74 Å². The van der Waals surface area contributed by atoms with E-state index in [1.807, 2.05) is 6.07 Å². The molecule has 4 nitrogen and oxygen atoms in total. The predicted octanol–water partition coefficient (Wildman–Crippen LogP) is 2.27. The molecule has 3 aliphatic rings. The Labute approximate surface area is 131 Å². The highest BCUT2D eigenvalue weighted by molar-refractivity contribution is 5.82. The van der Waals surface area contributed by atoms with Gasteiger partial charge in [-0.1, -0.05) is 0 Å². The summed E-state index contributed by atoms with van der Waals surface area (Å²) in [7, 11) is 3.85. The third kappa shape index (κ3) is 1.76. The standard InChI is InChI=1S/C18H23NO3/c1-19-6-5-18-10-12(20)3-4-14(18)15(19)8-11-7-13(21)9-16(22-2)17(11)18/h7,9,14-15,21H,3-6,8,10H2,1-2H3/t14-,15+,18-/m0/s1. The van der Waals surface area contributed by atoms with E-state index < -0.39 is 0 Å². The molecule has 4 rings (SSSR count). The molecule has 118 valence electrons. The van der Waals surface area contributed by atoms with Crippen LogP contribution in [0.2, 0.25) is 0 Å². The summed E-state index contributed by atoms with van der Waals surface area (Å²) in [5, 5.41) is 10.0. The van der Waals surface area contributed by atoms with Gasteiger partial charge in [-0.15, -0.1) is 0 Å². The van der Waals surface area contributed by atoms with Gasteiger partial charge in [0.2, 0.25) is 0 Å². The Morgan fingerprint density at radius 2 is 2.23 bits per heavy atom. The number of benzene rings is 1. The van der Waals surface area contributed by atoms with Gasteiger partial charge in [0.05, 0.1) is 7.11 Å². The third-order valence-electron chi connectivity index (χ3n) is 6.21. The van der Waals surface area contributed by atoms with Crippen LogP contribution in [0.3, 0.4) is 0 Å². The van der Waals surface area contributed by atoms with Gasteiger partial charge in [0, 0.05) is 35.9 Å². The van der Waals surface area contributed by atoms with Crippen molar-refractivity contribution in [2.45, 2.75) is 43.6 Å². The second kappa shape index (κ2) is 4.72. The molecule has 1 aromatic carbocycles. The molecule has 0 amide bonds. The van der Waals surface area contributed by atoms with Crippen LogP contribution in [-0.4, -0.2) is 42.5 Å². The molecular formula is C18H23NO3. The van der Waals surface area contributed by atoms with Gasteiger partial charge < -0.3 is 14.7 Å². The molecule has 4 heteroatoms. The normalized spacial score (nSPS) is 34.0. The number of carbonyl (C=O) groups is 1. The number of phenols is 1. The molecule has 1 heterocycles. The number of piperidine rings is 1. The Kier molecular flexibility index (Phi) is 3.02. The smallest absolute Gasteiger partial charge is 0.133 e. The number of carbonyl (C=O) groups excluding carboxylic acids is 1. The van der Waals surface area contributed by atoms with E-state index >= 15 is 0 Å². The van der Waals surface area contributed by atoms with Crippen LogP contribution in [-0.2, 0) is 16.6 Å². The van der Waals surface area contributed by atoms with Gasteiger partial charge in [-0.25, -0.2) is 0 Å². The molecule has 1 aliphatic heterocycles. The van der Waals surface area contributed by atoms with Gasteiger partial charge in [-0.2, -0.15) is 0 Å². The number of likely N-dealkylation sites (tertiary alicyclic amines) is 1. The Balaban J connectivity index is 1.96. The molecule has 0 spiro atoms. The maximum absolute atomic E-state index is 12.3. The van der Waals surface area contributed by atoms with Gasteiger partial charge in [0.25, 0.3) is 0 Å². The van der Waals surface area contributed by atoms with Crippen molar-refractivity contribution in [2.24, 2.45) is 5.92 Å². The number of hydrogen-bond acceptors (Lipinski definition) is 4. The molecule has 2 aliphatic carbocycles. The van der Waals surface area contributed by atoms with Crippen molar-refractivity contribution in [3.05, 3.63) is 23.3 Å². The van der Waals surface area contributed by atoms with Gasteiger partial charge >= 0.3 is 0 Å². The highest BCUT2D eigenvalue weighted by Gasteiger charge is 2.56. The number of phenolic OH excluding ortho intramolecular Hbond substituents is 1. The number of fused-ring (bicyclic) bond motifs is 1. The van der Waals surface area contributed by atoms with Crippen LogP contribution >= 0.6 is 0 Å². The van der Waals surface area contributed by atoms with E-state index in [2.05, 4.69) is 11.9 Å². The van der Waals surface area contributed by atoms with Gasteiger partial charge in [-0.3, -0.25) is 4.79 Å². The van der Waals surface area contributed by atoms with Crippen molar-refractivity contribution in [1.29, 1.82) is 0 Å². The zero-order valence-electron chi connectivity index (χ0n) is 13.3. The quantitative estimate of drug-likeness (QED) is 0.864. The fraction of sp³-hybridized carbons (Fsp3) is 0.611. The highest BCUT2D eigenvalue weighted by Crippen LogP contribution is 2.57. The first-order valence-corrected chi connectivity index (χ1v) is 8.17. The minimum Gasteiger partial charge on any atom is -0.508 e. The van der Waals surface area contributed by atoms with Crippen LogP contribution in [0.1, 0.15) is 36.8 Å². The average Bonchev–Trinajstić information content (AvgIpc) is 2.49. The lowest BCUT2D eigenvalue weighted by molar-refractivity contribution is -0.126. The van der Waals surface area contributed by atoms with Crippen LogP contribution in [0, 0.1) is 5.92 Å². The molecular weight excluding hydrogens is 278 g/mol. The zero-order valence-corrected chi connectivity index (χ0v) is 13.3. The van der Waals surface area contributed by atoms with Gasteiger partial charge in [0.1, 0.15) is 17.3 Å². The first-order valence-electron chi connectivity index (χ1n) is 8.17. The molecule has 2 fully saturated rings. The second-order valence-electron chi connectivity index (χ2n) is 7.20. The average molecular weight is 301 g/mol. The van der Waals surface area contributed by atoms with Crippen molar-refractivity contribution in [1.82, 2.24) is 4.90 Å². The number of methoxy groups -OCH3 is 1. The second-order valence-corrected chi connectivity index (χ2v) is 7.20. The molecule has 1 saturated heterocycles. The Morgan fingerprint density at radius 3 is 3.00 bits per heavy atom. The fourth-order valence-electron chi connectivity index (χ4n) is 5.31. The lowest BCUT2D eigenvalue weighted by Gasteiger charge is -2.58. The summed E-state index contributed by atoms with van der Waals surface area (Å²) in [4.78, 5) is 14.7. The molecule has 1 saturated carbocycles. The summed E-state index contributed by atoms with van der Waals surface area (Å²) in [6.07, 6.45) is 4.28. The molecule has 1 N–H and O–H groups in total. The topological polar surface area (TPSA) is 49.8 Å². The van der Waals surface area contributed by atoms with Crippen LogP contribution in [0.25, 0.3) is 0 Å². The number of Topliss-reactive ketones (excluding diaryl/α,β-unsaturated/α-hetero) is 1. The lowest BCUT2D eigenvalue weighted by Crippen LogP contribution is -2.61. The number of ketones is 1. The minimum absolute atomic E-state index is 0.0842. The fourth-order valence-corrected chi connectivity index (χ4v) is 5.31. The number of hydrogen-bond donors (Lipinski definition) is 1.